The molecule has 0 unspecified atom stereocenters. The number of hydrogen-bond acceptors (Lipinski definition) is 11. The molecule has 0 aliphatic carbocycles. The molecule has 0 N–H and O–H groups in total. The van der Waals surface area contributed by atoms with Crippen LogP contribution >= 0.6 is 56.4 Å². The quantitative estimate of drug-likeness (QED) is 0.231. The van der Waals surface area contributed by atoms with Crippen LogP contribution in [0.1, 0.15) is 23.6 Å². The van der Waals surface area contributed by atoms with Crippen LogP contribution in [0.15, 0.2) is 73.4 Å². The maximum absolute atomic E-state index is 12.7. The van der Waals surface area contributed by atoms with Crippen LogP contribution in [0, 0.1) is 22.7 Å². The third kappa shape index (κ3) is 3.96. The van der Waals surface area contributed by atoms with Gasteiger partial charge in [0, 0.05) is 12.1 Å². The number of anilines is 2. The number of hydrogen-bond donors (Lipinski definition) is 0. The van der Waals surface area contributed by atoms with E-state index in [9.17, 15) is 10.1 Å². The lowest BCUT2D eigenvalue weighted by molar-refractivity contribution is 0.956. The lowest BCUT2D eigenvalue weighted by Crippen LogP contribution is -2.34. The molecule has 166 valence electrons. The molecule has 3 aromatic rings. The molecule has 34 heavy (non-hydrogen) atoms. The monoisotopic (exact) mass is 535 g/mol. The van der Waals surface area contributed by atoms with Gasteiger partial charge in [-0.05, 0) is 65.4 Å². The smallest absolute Gasteiger partial charge is 0.267 e. The van der Waals surface area contributed by atoms with Crippen LogP contribution in [-0.2, 0) is 0 Å². The van der Waals surface area contributed by atoms with E-state index < -0.39 is 0 Å². The van der Waals surface area contributed by atoms with E-state index in [-0.39, 0.29) is 4.74 Å². The molecule has 0 radical (unpaired) electrons. The zero-order chi connectivity index (χ0) is 23.8. The van der Waals surface area contributed by atoms with E-state index >= 15 is 0 Å². The Morgan fingerprint density at radius 2 is 1.62 bits per heavy atom. The Morgan fingerprint density at radius 3 is 2.24 bits per heavy atom. The number of nitrogens with zero attached hydrogens (tertiary/aromatic N) is 5. The highest BCUT2D eigenvalue weighted by molar-refractivity contribution is 8.25. The van der Waals surface area contributed by atoms with Crippen LogP contribution in [-0.4, -0.2) is 15.8 Å². The van der Waals surface area contributed by atoms with Crippen molar-refractivity contribution < 1.29 is 0 Å². The summed E-state index contributed by atoms with van der Waals surface area (Å²) in [6, 6.07) is 18.7. The fourth-order valence-corrected chi connectivity index (χ4v) is 8.89. The van der Waals surface area contributed by atoms with Gasteiger partial charge in [-0.15, -0.1) is 0 Å². The summed E-state index contributed by atoms with van der Waals surface area (Å²) in [5.74, 6) is 0. The molecule has 2 aliphatic heterocycles. The van der Waals surface area contributed by atoms with Crippen molar-refractivity contribution in [3.8, 4) is 12.1 Å². The normalized spacial score (nSPS) is 17.3. The van der Waals surface area contributed by atoms with Crippen LogP contribution < -0.4 is 14.7 Å². The standard InChI is InChI=1S/C23H13N5OS5/c1-2-27-17(22(30)32-23-18(27)21(29)33-34-23)20-28(16-9-5-14(12-25)6-10-16)26-19(31-20)15-7-3-13(11-24)4-8-15/h3-10H,2H2,1H3/b20-17+. The first-order valence-corrected chi connectivity index (χ1v) is 14.2. The maximum atomic E-state index is 12.7. The highest BCUT2D eigenvalue weighted by Gasteiger charge is 2.37. The predicted octanol–water partition coefficient (Wildman–Crippen LogP) is 5.96. The van der Waals surface area contributed by atoms with Crippen LogP contribution in [0.25, 0.3) is 0 Å². The Bertz CT molecular complexity index is 1500. The highest BCUT2D eigenvalue weighted by atomic mass is 32.9. The van der Waals surface area contributed by atoms with Crippen molar-refractivity contribution in [3.63, 3.8) is 0 Å². The first-order valence-electron chi connectivity index (χ1n) is 9.98. The maximum Gasteiger partial charge on any atom is 0.267 e. The summed E-state index contributed by atoms with van der Waals surface area (Å²) in [7, 11) is 2.68. The van der Waals surface area contributed by atoms with Crippen molar-refractivity contribution in [2.45, 2.75) is 11.1 Å². The molecule has 0 amide bonds. The predicted molar refractivity (Wildman–Crippen MR) is 146 cm³/mol. The van der Waals surface area contributed by atoms with Crippen molar-refractivity contribution in [3.05, 3.63) is 85.5 Å². The molecule has 0 fully saturated rings. The summed E-state index contributed by atoms with van der Waals surface area (Å²) in [5, 5.41) is 26.6. The molecule has 0 saturated heterocycles. The minimum atomic E-state index is 0.0242. The van der Waals surface area contributed by atoms with Gasteiger partial charge in [0.2, 0.25) is 0 Å². The van der Waals surface area contributed by atoms with E-state index in [1.807, 2.05) is 41.1 Å². The lowest BCUT2D eigenvalue weighted by atomic mass is 10.2. The lowest BCUT2D eigenvalue weighted by Gasteiger charge is -2.32. The fourth-order valence-electron chi connectivity index (χ4n) is 3.49. The van der Waals surface area contributed by atoms with Crippen LogP contribution in [0.3, 0.4) is 0 Å². The van der Waals surface area contributed by atoms with Crippen LogP contribution in [0.4, 0.5) is 11.4 Å². The molecule has 0 bridgehead atoms. The molecule has 0 saturated carbocycles. The SMILES string of the molecule is CCN1/C(=C2/SC(c3ccc(C#N)cc3)=NN2c2ccc(C#N)cc2)C(=S)Sc2ssc(=O)c21. The molecule has 1 aromatic heterocycles. The molecule has 2 aromatic carbocycles. The summed E-state index contributed by atoms with van der Waals surface area (Å²) >= 11 is 8.74. The van der Waals surface area contributed by atoms with Crippen molar-refractivity contribution in [2.75, 3.05) is 16.5 Å². The van der Waals surface area contributed by atoms with Gasteiger partial charge in [-0.1, -0.05) is 46.5 Å². The summed E-state index contributed by atoms with van der Waals surface area (Å²) in [5.41, 5.74) is 4.23. The number of rotatable bonds is 3. The summed E-state index contributed by atoms with van der Waals surface area (Å²) in [6.45, 7) is 2.58. The second-order valence-corrected chi connectivity index (χ2v) is 12.1. The van der Waals surface area contributed by atoms with E-state index in [0.717, 1.165) is 31.2 Å². The van der Waals surface area contributed by atoms with Crippen LogP contribution in [0.2, 0.25) is 0 Å². The van der Waals surface area contributed by atoms with E-state index in [1.165, 1.54) is 44.2 Å². The molecule has 2 aliphatic rings. The zero-order valence-corrected chi connectivity index (χ0v) is 21.6. The van der Waals surface area contributed by atoms with Crippen molar-refractivity contribution in [1.82, 2.24) is 0 Å². The first kappa shape index (κ1) is 22.8. The van der Waals surface area contributed by atoms with Crippen molar-refractivity contribution in [1.29, 1.82) is 10.5 Å². The van der Waals surface area contributed by atoms with Gasteiger partial charge in [-0.3, -0.25) is 4.79 Å². The minimum absolute atomic E-state index is 0.0242. The molecule has 0 spiro atoms. The molecular formula is C23H13N5OS5. The minimum Gasteiger partial charge on any atom is -0.332 e. The summed E-state index contributed by atoms with van der Waals surface area (Å²) < 4.78 is 1.63. The highest BCUT2D eigenvalue weighted by Crippen LogP contribution is 2.48. The van der Waals surface area contributed by atoms with E-state index in [2.05, 4.69) is 12.1 Å². The number of nitriles is 2. The number of benzene rings is 2. The third-order valence-corrected chi connectivity index (χ3v) is 10.2. The Balaban J connectivity index is 1.67. The van der Waals surface area contributed by atoms with Gasteiger partial charge in [-0.2, -0.15) is 15.6 Å². The second-order valence-electron chi connectivity index (χ2n) is 7.04. The van der Waals surface area contributed by atoms with Gasteiger partial charge in [-0.25, -0.2) is 5.01 Å². The van der Waals surface area contributed by atoms with Crippen LogP contribution in [0.5, 0.6) is 0 Å². The van der Waals surface area contributed by atoms with Gasteiger partial charge < -0.3 is 4.90 Å². The molecule has 5 rings (SSSR count). The van der Waals surface area contributed by atoms with E-state index in [0.29, 0.717) is 27.6 Å². The fraction of sp³-hybridized carbons (Fsp3) is 0.0870. The number of hydrazone groups is 1. The topological polar surface area (TPSA) is 83.5 Å². The average Bonchev–Trinajstić information content (AvgIpc) is 3.47. The van der Waals surface area contributed by atoms with Gasteiger partial charge in [0.15, 0.2) is 0 Å². The third-order valence-electron chi connectivity index (χ3n) is 5.10. The Hall–Kier alpha value is -2.93. The second kappa shape index (κ2) is 9.37. The molecule has 3 heterocycles. The largest absolute Gasteiger partial charge is 0.332 e. The van der Waals surface area contributed by atoms with E-state index in [4.69, 9.17) is 22.6 Å². The Labute approximate surface area is 216 Å². The van der Waals surface area contributed by atoms with Gasteiger partial charge in [0.05, 0.1) is 34.6 Å². The van der Waals surface area contributed by atoms with Crippen molar-refractivity contribution in [2.24, 2.45) is 5.10 Å². The number of fused-ring (bicyclic) bond motifs is 1. The van der Waals surface area contributed by atoms with Gasteiger partial charge in [0.25, 0.3) is 4.74 Å². The molecule has 0 atom stereocenters. The van der Waals surface area contributed by atoms with Gasteiger partial charge in [0.1, 0.15) is 24.2 Å². The Morgan fingerprint density at radius 1 is 0.971 bits per heavy atom. The average molecular weight is 536 g/mol. The zero-order valence-electron chi connectivity index (χ0n) is 17.5. The Kier molecular flexibility index (Phi) is 6.30. The summed E-state index contributed by atoms with van der Waals surface area (Å²) in [6.07, 6.45) is 0. The first-order chi connectivity index (χ1) is 16.5. The van der Waals surface area contributed by atoms with Crippen molar-refractivity contribution >= 4 is 77.0 Å². The molecule has 6 nitrogen and oxygen atoms in total. The number of thioether (sulfide) groups is 2. The molecular weight excluding hydrogens is 523 g/mol. The summed E-state index contributed by atoms with van der Waals surface area (Å²) in [4.78, 5) is 14.7. The molecule has 11 heteroatoms. The van der Waals surface area contributed by atoms with Gasteiger partial charge >= 0.3 is 0 Å². The number of thiocarbonyl (C=S) groups is 1. The van der Waals surface area contributed by atoms with E-state index in [1.54, 1.807) is 24.3 Å².